The third-order valence-electron chi connectivity index (χ3n) is 4.59. The predicted molar refractivity (Wildman–Crippen MR) is 93.7 cm³/mol. The van der Waals surface area contributed by atoms with E-state index in [0.717, 1.165) is 25.1 Å². The van der Waals surface area contributed by atoms with E-state index in [2.05, 4.69) is 49.2 Å². The van der Waals surface area contributed by atoms with Crippen LogP contribution in [-0.4, -0.2) is 42.4 Å². The fourth-order valence-corrected chi connectivity index (χ4v) is 3.37. The number of fused-ring (bicyclic) bond motifs is 1. The summed E-state index contributed by atoms with van der Waals surface area (Å²) in [5.74, 6) is 0.934. The second kappa shape index (κ2) is 6.59. The molecule has 4 nitrogen and oxygen atoms in total. The highest BCUT2D eigenvalue weighted by molar-refractivity contribution is 5.79. The lowest BCUT2D eigenvalue weighted by Crippen LogP contribution is -2.15. The number of rotatable bonds is 6. The van der Waals surface area contributed by atoms with Crippen LogP contribution in [0.4, 0.5) is 0 Å². The zero-order chi connectivity index (χ0) is 16.4. The highest BCUT2D eigenvalue weighted by Gasteiger charge is 2.26. The van der Waals surface area contributed by atoms with Gasteiger partial charge in [0.1, 0.15) is 5.75 Å². The van der Waals surface area contributed by atoms with Crippen LogP contribution in [-0.2, 0) is 6.42 Å². The summed E-state index contributed by atoms with van der Waals surface area (Å²) in [5.41, 5.74) is 5.66. The maximum absolute atomic E-state index is 5.40. The second-order valence-corrected chi connectivity index (χ2v) is 6.43. The third-order valence-corrected chi connectivity index (χ3v) is 4.59. The summed E-state index contributed by atoms with van der Waals surface area (Å²) in [4.78, 5) is 2.24. The van der Waals surface area contributed by atoms with Crippen LogP contribution in [0.2, 0.25) is 0 Å². The SMILES string of the molecule is COc1ccc2c(c1)CC(CCN(C)C)=C2C(C)n1cccn1. The van der Waals surface area contributed by atoms with Crippen LogP contribution in [0.3, 0.4) is 0 Å². The zero-order valence-corrected chi connectivity index (χ0v) is 14.4. The average Bonchev–Trinajstić information content (AvgIpc) is 3.18. The molecular weight excluding hydrogens is 286 g/mol. The molecule has 0 saturated carbocycles. The van der Waals surface area contributed by atoms with E-state index in [9.17, 15) is 0 Å². The van der Waals surface area contributed by atoms with E-state index in [-0.39, 0.29) is 6.04 Å². The number of aromatic nitrogens is 2. The van der Waals surface area contributed by atoms with E-state index >= 15 is 0 Å². The Morgan fingerprint density at radius 3 is 2.83 bits per heavy atom. The maximum atomic E-state index is 5.40. The van der Waals surface area contributed by atoms with Crippen molar-refractivity contribution in [1.82, 2.24) is 14.7 Å². The van der Waals surface area contributed by atoms with Gasteiger partial charge in [0.2, 0.25) is 0 Å². The van der Waals surface area contributed by atoms with Crippen LogP contribution in [0.15, 0.2) is 42.2 Å². The Balaban J connectivity index is 1.99. The van der Waals surface area contributed by atoms with Crippen molar-refractivity contribution in [2.45, 2.75) is 25.8 Å². The average molecular weight is 311 g/mol. The fourth-order valence-electron chi connectivity index (χ4n) is 3.37. The van der Waals surface area contributed by atoms with Crippen molar-refractivity contribution < 1.29 is 4.74 Å². The maximum Gasteiger partial charge on any atom is 0.119 e. The van der Waals surface area contributed by atoms with E-state index < -0.39 is 0 Å². The quantitative estimate of drug-likeness (QED) is 0.819. The Hall–Kier alpha value is -2.07. The molecule has 4 heteroatoms. The fraction of sp³-hybridized carbons (Fsp3) is 0.421. The molecule has 0 N–H and O–H groups in total. The highest BCUT2D eigenvalue weighted by Crippen LogP contribution is 2.42. The zero-order valence-electron chi connectivity index (χ0n) is 14.4. The molecule has 0 saturated heterocycles. The van der Waals surface area contributed by atoms with Crippen molar-refractivity contribution in [2.75, 3.05) is 27.7 Å². The molecule has 0 fully saturated rings. The third kappa shape index (κ3) is 3.17. The minimum Gasteiger partial charge on any atom is -0.497 e. The standard InChI is InChI=1S/C19H25N3O/c1-14(22-10-5-9-20-22)19-15(8-11-21(2)3)12-16-13-17(23-4)6-7-18(16)19/h5-7,9-10,13-14H,8,11-12H2,1-4H3. The van der Waals surface area contributed by atoms with Gasteiger partial charge in [-0.05, 0) is 68.8 Å². The lowest BCUT2D eigenvalue weighted by atomic mass is 9.98. The van der Waals surface area contributed by atoms with Gasteiger partial charge in [-0.2, -0.15) is 5.10 Å². The van der Waals surface area contributed by atoms with E-state index in [1.807, 2.05) is 23.1 Å². The van der Waals surface area contributed by atoms with Crippen LogP contribution < -0.4 is 4.74 Å². The summed E-state index contributed by atoms with van der Waals surface area (Å²) in [5, 5.41) is 4.44. The van der Waals surface area contributed by atoms with Crippen molar-refractivity contribution in [1.29, 1.82) is 0 Å². The van der Waals surface area contributed by atoms with E-state index in [4.69, 9.17) is 4.74 Å². The molecule has 0 radical (unpaired) electrons. The second-order valence-electron chi connectivity index (χ2n) is 6.43. The molecule has 0 aliphatic heterocycles. The molecule has 1 aliphatic rings. The van der Waals surface area contributed by atoms with Crippen LogP contribution >= 0.6 is 0 Å². The van der Waals surface area contributed by atoms with E-state index in [1.54, 1.807) is 7.11 Å². The first-order valence-electron chi connectivity index (χ1n) is 8.13. The number of hydrogen-bond donors (Lipinski definition) is 0. The smallest absolute Gasteiger partial charge is 0.119 e. The Morgan fingerprint density at radius 2 is 2.17 bits per heavy atom. The molecule has 3 rings (SSSR count). The lowest BCUT2D eigenvalue weighted by molar-refractivity contribution is 0.411. The molecule has 0 spiro atoms. The van der Waals surface area contributed by atoms with Crippen molar-refractivity contribution in [3.05, 3.63) is 53.4 Å². The van der Waals surface area contributed by atoms with Crippen LogP contribution in [0.5, 0.6) is 5.75 Å². The molecule has 1 unspecified atom stereocenters. The predicted octanol–water partition coefficient (Wildman–Crippen LogP) is 3.41. The van der Waals surface area contributed by atoms with Crippen molar-refractivity contribution >= 4 is 5.57 Å². The summed E-state index contributed by atoms with van der Waals surface area (Å²) in [7, 11) is 5.98. The number of ether oxygens (including phenoxy) is 1. The summed E-state index contributed by atoms with van der Waals surface area (Å²) in [6, 6.07) is 8.67. The monoisotopic (exact) mass is 311 g/mol. The lowest BCUT2D eigenvalue weighted by Gasteiger charge is -2.19. The van der Waals surface area contributed by atoms with Gasteiger partial charge in [-0.15, -0.1) is 0 Å². The van der Waals surface area contributed by atoms with Crippen LogP contribution in [0.25, 0.3) is 5.57 Å². The molecule has 122 valence electrons. The highest BCUT2D eigenvalue weighted by atomic mass is 16.5. The number of benzene rings is 1. The number of hydrogen-bond acceptors (Lipinski definition) is 3. The Kier molecular flexibility index (Phi) is 4.53. The Labute approximate surface area is 138 Å². The molecular formula is C19H25N3O. The summed E-state index contributed by atoms with van der Waals surface area (Å²) in [6.45, 7) is 3.30. The van der Waals surface area contributed by atoms with Gasteiger partial charge in [0.15, 0.2) is 0 Å². The van der Waals surface area contributed by atoms with Crippen molar-refractivity contribution in [2.24, 2.45) is 0 Å². The first-order valence-corrected chi connectivity index (χ1v) is 8.13. The van der Waals surface area contributed by atoms with Gasteiger partial charge in [0.25, 0.3) is 0 Å². The molecule has 2 aromatic rings. The van der Waals surface area contributed by atoms with Crippen molar-refractivity contribution in [3.63, 3.8) is 0 Å². The van der Waals surface area contributed by atoms with Crippen LogP contribution in [0.1, 0.15) is 30.5 Å². The number of methoxy groups -OCH3 is 1. The molecule has 0 bridgehead atoms. The summed E-state index contributed by atoms with van der Waals surface area (Å²) >= 11 is 0. The van der Waals surface area contributed by atoms with Gasteiger partial charge < -0.3 is 9.64 Å². The summed E-state index contributed by atoms with van der Waals surface area (Å²) < 4.78 is 7.44. The van der Waals surface area contributed by atoms with Gasteiger partial charge in [-0.1, -0.05) is 11.6 Å². The van der Waals surface area contributed by atoms with Gasteiger partial charge in [0.05, 0.1) is 13.2 Å². The number of nitrogens with zero attached hydrogens (tertiary/aromatic N) is 3. The molecule has 1 aromatic heterocycles. The van der Waals surface area contributed by atoms with E-state index in [1.165, 1.54) is 22.3 Å². The van der Waals surface area contributed by atoms with Gasteiger partial charge in [0, 0.05) is 18.9 Å². The number of allylic oxidation sites excluding steroid dienone is 1. The topological polar surface area (TPSA) is 30.3 Å². The largest absolute Gasteiger partial charge is 0.497 e. The van der Waals surface area contributed by atoms with E-state index in [0.29, 0.717) is 0 Å². The molecule has 23 heavy (non-hydrogen) atoms. The molecule has 1 aromatic carbocycles. The molecule has 1 atom stereocenters. The first-order chi connectivity index (χ1) is 11.1. The minimum atomic E-state index is 0.247. The van der Waals surface area contributed by atoms with Gasteiger partial charge in [-0.3, -0.25) is 4.68 Å². The Bertz CT molecular complexity index is 701. The minimum absolute atomic E-state index is 0.247. The normalized spacial score (nSPS) is 15.2. The molecule has 1 aliphatic carbocycles. The van der Waals surface area contributed by atoms with Crippen molar-refractivity contribution in [3.8, 4) is 5.75 Å². The van der Waals surface area contributed by atoms with Gasteiger partial charge >= 0.3 is 0 Å². The molecule has 0 amide bonds. The summed E-state index contributed by atoms with van der Waals surface area (Å²) in [6.07, 6.45) is 6.00. The van der Waals surface area contributed by atoms with Gasteiger partial charge in [-0.25, -0.2) is 0 Å². The van der Waals surface area contributed by atoms with Crippen LogP contribution in [0, 0.1) is 0 Å². The molecule has 1 heterocycles. The Morgan fingerprint density at radius 1 is 1.35 bits per heavy atom. The first kappa shape index (κ1) is 15.8.